The van der Waals surface area contributed by atoms with Crippen molar-refractivity contribution in [1.29, 1.82) is 0 Å². The number of nitrogens with two attached hydrogens (primary N) is 1. The number of nitrogens with one attached hydrogen (secondary N) is 1. The first kappa shape index (κ1) is 10.1. The minimum atomic E-state index is 0.493. The van der Waals surface area contributed by atoms with Crippen molar-refractivity contribution in [2.75, 3.05) is 0 Å². The molecule has 1 aliphatic rings. The molecule has 3 nitrogen and oxygen atoms in total. The van der Waals surface area contributed by atoms with Gasteiger partial charge in [0.15, 0.2) is 0 Å². The highest BCUT2D eigenvalue weighted by molar-refractivity contribution is 7.09. The molecule has 0 spiro atoms. The Hall–Kier alpha value is -0.450. The fraction of sp³-hybridized carbons (Fsp3) is 0.700. The van der Waals surface area contributed by atoms with Gasteiger partial charge in [-0.3, -0.25) is 0 Å². The molecule has 1 atom stereocenters. The van der Waals surface area contributed by atoms with Crippen LogP contribution in [0.2, 0.25) is 0 Å². The van der Waals surface area contributed by atoms with Crippen LogP contribution in [0.25, 0.3) is 0 Å². The molecule has 1 heterocycles. The lowest BCUT2D eigenvalue weighted by Crippen LogP contribution is -2.20. The van der Waals surface area contributed by atoms with Crippen LogP contribution in [-0.2, 0) is 13.1 Å². The van der Waals surface area contributed by atoms with E-state index < -0.39 is 0 Å². The zero-order valence-corrected chi connectivity index (χ0v) is 9.53. The van der Waals surface area contributed by atoms with Crippen LogP contribution in [0.3, 0.4) is 0 Å². The quantitative estimate of drug-likeness (QED) is 0.793. The molecule has 0 aromatic carbocycles. The predicted molar refractivity (Wildman–Crippen MR) is 59.0 cm³/mol. The topological polar surface area (TPSA) is 50.9 Å². The Morgan fingerprint density at radius 1 is 1.71 bits per heavy atom. The van der Waals surface area contributed by atoms with Crippen molar-refractivity contribution in [3.63, 3.8) is 0 Å². The Kier molecular flexibility index (Phi) is 2.60. The second-order valence-corrected chi connectivity index (χ2v) is 5.51. The molecule has 1 aliphatic carbocycles. The molecule has 1 saturated carbocycles. The lowest BCUT2D eigenvalue weighted by Gasteiger charge is -2.03. The molecule has 4 heteroatoms. The van der Waals surface area contributed by atoms with E-state index in [1.807, 2.05) is 0 Å². The van der Waals surface area contributed by atoms with Gasteiger partial charge in [-0.1, -0.05) is 13.8 Å². The molecule has 0 amide bonds. The van der Waals surface area contributed by atoms with Crippen molar-refractivity contribution in [3.05, 3.63) is 16.1 Å². The van der Waals surface area contributed by atoms with Gasteiger partial charge in [-0.05, 0) is 11.8 Å². The first-order valence-corrected chi connectivity index (χ1v) is 5.86. The lowest BCUT2D eigenvalue weighted by molar-refractivity contribution is 0.539. The molecule has 0 saturated heterocycles. The van der Waals surface area contributed by atoms with Gasteiger partial charge in [-0.2, -0.15) is 0 Å². The number of thiazole rings is 1. The number of aromatic nitrogens is 1. The SMILES string of the molecule is CC1(C)CC1NCc1csc(CN)n1. The Labute approximate surface area is 88.7 Å². The molecular weight excluding hydrogens is 194 g/mol. The Bertz CT molecular complexity index is 319. The van der Waals surface area contributed by atoms with Crippen LogP contribution in [0, 0.1) is 5.41 Å². The van der Waals surface area contributed by atoms with Crippen LogP contribution in [0.4, 0.5) is 0 Å². The molecule has 1 aromatic rings. The number of hydrogen-bond donors (Lipinski definition) is 2. The third kappa shape index (κ3) is 2.13. The Morgan fingerprint density at radius 3 is 2.93 bits per heavy atom. The molecule has 1 fully saturated rings. The van der Waals surface area contributed by atoms with Crippen LogP contribution < -0.4 is 11.1 Å². The van der Waals surface area contributed by atoms with Gasteiger partial charge < -0.3 is 11.1 Å². The standard InChI is InChI=1S/C10H17N3S/c1-10(2)3-8(10)12-5-7-6-14-9(4-11)13-7/h6,8,12H,3-5,11H2,1-2H3. The number of rotatable bonds is 4. The van der Waals surface area contributed by atoms with Gasteiger partial charge >= 0.3 is 0 Å². The molecule has 1 aromatic heterocycles. The average molecular weight is 211 g/mol. The van der Waals surface area contributed by atoms with Crippen molar-refractivity contribution >= 4 is 11.3 Å². The summed E-state index contributed by atoms with van der Waals surface area (Å²) >= 11 is 1.65. The summed E-state index contributed by atoms with van der Waals surface area (Å²) in [4.78, 5) is 4.41. The van der Waals surface area contributed by atoms with E-state index >= 15 is 0 Å². The fourth-order valence-corrected chi connectivity index (χ4v) is 2.24. The molecule has 1 unspecified atom stereocenters. The second kappa shape index (κ2) is 3.61. The zero-order chi connectivity index (χ0) is 10.2. The first-order valence-electron chi connectivity index (χ1n) is 4.98. The largest absolute Gasteiger partial charge is 0.325 e. The van der Waals surface area contributed by atoms with Crippen LogP contribution in [-0.4, -0.2) is 11.0 Å². The summed E-state index contributed by atoms with van der Waals surface area (Å²) in [6, 6.07) is 0.672. The van der Waals surface area contributed by atoms with Crippen molar-refractivity contribution < 1.29 is 0 Å². The van der Waals surface area contributed by atoms with E-state index in [0.29, 0.717) is 18.0 Å². The van der Waals surface area contributed by atoms with Gasteiger partial charge in [0.05, 0.1) is 5.69 Å². The Balaban J connectivity index is 1.81. The summed E-state index contributed by atoms with van der Waals surface area (Å²) in [6.07, 6.45) is 1.28. The molecule has 78 valence electrons. The maximum atomic E-state index is 5.50. The van der Waals surface area contributed by atoms with E-state index in [-0.39, 0.29) is 0 Å². The van der Waals surface area contributed by atoms with E-state index in [0.717, 1.165) is 17.2 Å². The molecular formula is C10H17N3S. The first-order chi connectivity index (χ1) is 6.62. The highest BCUT2D eigenvalue weighted by Gasteiger charge is 2.45. The van der Waals surface area contributed by atoms with Crippen molar-refractivity contribution in [1.82, 2.24) is 10.3 Å². The van der Waals surface area contributed by atoms with Crippen LogP contribution in [0.5, 0.6) is 0 Å². The van der Waals surface area contributed by atoms with Crippen LogP contribution in [0.15, 0.2) is 5.38 Å². The van der Waals surface area contributed by atoms with Crippen molar-refractivity contribution in [2.45, 2.75) is 39.4 Å². The minimum Gasteiger partial charge on any atom is -0.325 e. The van der Waals surface area contributed by atoms with Gasteiger partial charge in [0, 0.05) is 24.5 Å². The van der Waals surface area contributed by atoms with Gasteiger partial charge in [0.2, 0.25) is 0 Å². The van der Waals surface area contributed by atoms with Gasteiger partial charge in [-0.25, -0.2) is 4.98 Å². The summed E-state index contributed by atoms with van der Waals surface area (Å²) in [5.74, 6) is 0. The van der Waals surface area contributed by atoms with Gasteiger partial charge in [-0.15, -0.1) is 11.3 Å². The molecule has 0 radical (unpaired) electrons. The Morgan fingerprint density at radius 2 is 2.43 bits per heavy atom. The smallest absolute Gasteiger partial charge is 0.106 e. The number of hydrogen-bond acceptors (Lipinski definition) is 4. The predicted octanol–water partition coefficient (Wildman–Crippen LogP) is 1.49. The van der Waals surface area contributed by atoms with Crippen molar-refractivity contribution in [3.8, 4) is 0 Å². The van der Waals surface area contributed by atoms with Crippen LogP contribution in [0.1, 0.15) is 31.0 Å². The van der Waals surface area contributed by atoms with Gasteiger partial charge in [0.25, 0.3) is 0 Å². The van der Waals surface area contributed by atoms with Crippen molar-refractivity contribution in [2.24, 2.45) is 11.1 Å². The van der Waals surface area contributed by atoms with E-state index in [1.54, 1.807) is 11.3 Å². The molecule has 14 heavy (non-hydrogen) atoms. The monoisotopic (exact) mass is 211 g/mol. The maximum Gasteiger partial charge on any atom is 0.106 e. The highest BCUT2D eigenvalue weighted by Crippen LogP contribution is 2.44. The molecule has 3 N–H and O–H groups in total. The average Bonchev–Trinajstić information content (AvgIpc) is 2.62. The molecule has 0 aliphatic heterocycles. The third-order valence-electron chi connectivity index (χ3n) is 2.82. The summed E-state index contributed by atoms with van der Waals surface area (Å²) in [5.41, 5.74) is 7.12. The summed E-state index contributed by atoms with van der Waals surface area (Å²) < 4.78 is 0. The number of nitrogens with zero attached hydrogens (tertiary/aromatic N) is 1. The molecule has 2 rings (SSSR count). The van der Waals surface area contributed by atoms with E-state index in [9.17, 15) is 0 Å². The second-order valence-electron chi connectivity index (χ2n) is 4.56. The van der Waals surface area contributed by atoms with Crippen LogP contribution >= 0.6 is 11.3 Å². The molecule has 0 bridgehead atoms. The lowest BCUT2D eigenvalue weighted by atomic mass is 10.2. The fourth-order valence-electron chi connectivity index (χ4n) is 1.57. The van der Waals surface area contributed by atoms with E-state index in [2.05, 4.69) is 29.5 Å². The van der Waals surface area contributed by atoms with E-state index in [1.165, 1.54) is 6.42 Å². The zero-order valence-electron chi connectivity index (χ0n) is 8.71. The van der Waals surface area contributed by atoms with E-state index in [4.69, 9.17) is 5.73 Å². The highest BCUT2D eigenvalue weighted by atomic mass is 32.1. The normalized spacial score (nSPS) is 23.8. The summed E-state index contributed by atoms with van der Waals surface area (Å²) in [6.45, 7) is 6.01. The maximum absolute atomic E-state index is 5.50. The summed E-state index contributed by atoms with van der Waals surface area (Å²) in [5, 5.41) is 6.62. The third-order valence-corrected chi connectivity index (χ3v) is 3.74. The summed E-state index contributed by atoms with van der Waals surface area (Å²) in [7, 11) is 0. The van der Waals surface area contributed by atoms with Gasteiger partial charge in [0.1, 0.15) is 5.01 Å². The minimum absolute atomic E-state index is 0.493.